The maximum atomic E-state index is 11.3. The Morgan fingerprint density at radius 2 is 1.84 bits per heavy atom. The Morgan fingerprint density at radius 3 is 2.37 bits per heavy atom. The number of ether oxygens (including phenoxy) is 1. The van der Waals surface area contributed by atoms with Gasteiger partial charge in [-0.15, -0.1) is 24.0 Å². The first kappa shape index (κ1) is 20.6. The maximum Gasteiger partial charge on any atom is 0.407 e. The molecule has 6 nitrogen and oxygen atoms in total. The highest BCUT2D eigenvalue weighted by Gasteiger charge is 2.15. The van der Waals surface area contributed by atoms with Gasteiger partial charge in [0.25, 0.3) is 0 Å². The van der Waals surface area contributed by atoms with Gasteiger partial charge < -0.3 is 21.1 Å². The molecule has 0 aliphatic heterocycles. The fraction of sp³-hybridized carbons (Fsp3) is 0.833. The standard InChI is InChI=1S/C12H26N4O2.HI/c1-5-7-14-10(13)15-8-6-9-16-11(17)18-12(2,3)4;/h5-9H2,1-4H3,(H,16,17)(H3,13,14,15);1H. The van der Waals surface area contributed by atoms with Gasteiger partial charge in [0.2, 0.25) is 0 Å². The normalized spacial score (nSPS) is 11.5. The van der Waals surface area contributed by atoms with Gasteiger partial charge in [0.05, 0.1) is 0 Å². The SMILES string of the molecule is CCCN=C(N)NCCCNC(=O)OC(C)(C)C.I. The third-order valence-electron chi connectivity index (χ3n) is 1.83. The molecule has 19 heavy (non-hydrogen) atoms. The van der Waals surface area contributed by atoms with Crippen LogP contribution in [0.25, 0.3) is 0 Å². The molecule has 0 unspecified atom stereocenters. The molecule has 0 aromatic rings. The Labute approximate surface area is 133 Å². The number of nitrogens with two attached hydrogens (primary N) is 1. The lowest BCUT2D eigenvalue weighted by molar-refractivity contribution is 0.0527. The lowest BCUT2D eigenvalue weighted by Crippen LogP contribution is -2.36. The van der Waals surface area contributed by atoms with Crippen LogP contribution in [0.4, 0.5) is 4.79 Å². The first-order valence-corrected chi connectivity index (χ1v) is 6.36. The minimum atomic E-state index is -0.459. The number of carbonyl (C=O) groups is 1. The molecule has 114 valence electrons. The minimum Gasteiger partial charge on any atom is -0.444 e. The first-order chi connectivity index (χ1) is 8.35. The van der Waals surface area contributed by atoms with Crippen LogP contribution in [0.15, 0.2) is 4.99 Å². The molecule has 0 rings (SSSR count). The largest absolute Gasteiger partial charge is 0.444 e. The molecule has 0 saturated carbocycles. The second-order valence-corrected chi connectivity index (χ2v) is 4.98. The van der Waals surface area contributed by atoms with Gasteiger partial charge in [0.15, 0.2) is 5.96 Å². The molecule has 0 aromatic heterocycles. The quantitative estimate of drug-likeness (QED) is 0.281. The van der Waals surface area contributed by atoms with Crippen molar-refractivity contribution in [1.29, 1.82) is 0 Å². The molecule has 0 spiro atoms. The molecule has 4 N–H and O–H groups in total. The summed E-state index contributed by atoms with van der Waals surface area (Å²) in [7, 11) is 0. The monoisotopic (exact) mass is 386 g/mol. The van der Waals surface area contributed by atoms with Gasteiger partial charge in [-0.05, 0) is 33.6 Å². The molecular formula is C12H27IN4O2. The van der Waals surface area contributed by atoms with Gasteiger partial charge in [0, 0.05) is 19.6 Å². The Hall–Kier alpha value is -0.730. The average Bonchev–Trinajstić information content (AvgIpc) is 2.23. The lowest BCUT2D eigenvalue weighted by Gasteiger charge is -2.19. The Bertz CT molecular complexity index is 277. The number of amides is 1. The Balaban J connectivity index is 0. The smallest absolute Gasteiger partial charge is 0.407 e. The highest BCUT2D eigenvalue weighted by Crippen LogP contribution is 2.06. The summed E-state index contributed by atoms with van der Waals surface area (Å²) >= 11 is 0. The van der Waals surface area contributed by atoms with Crippen molar-refractivity contribution in [3.63, 3.8) is 0 Å². The van der Waals surface area contributed by atoms with Crippen LogP contribution in [0.2, 0.25) is 0 Å². The zero-order chi connectivity index (χ0) is 14.0. The van der Waals surface area contributed by atoms with Gasteiger partial charge in [-0.3, -0.25) is 4.99 Å². The molecule has 0 fully saturated rings. The number of hydrogen-bond donors (Lipinski definition) is 3. The maximum absolute atomic E-state index is 11.3. The van der Waals surface area contributed by atoms with E-state index in [0.717, 1.165) is 19.4 Å². The second kappa shape index (κ2) is 11.1. The zero-order valence-corrected chi connectivity index (χ0v) is 14.6. The molecule has 0 radical (unpaired) electrons. The van der Waals surface area contributed by atoms with Gasteiger partial charge in [-0.25, -0.2) is 4.79 Å². The van der Waals surface area contributed by atoms with Crippen LogP contribution in [0, 0.1) is 0 Å². The van der Waals surface area contributed by atoms with Gasteiger partial charge >= 0.3 is 6.09 Å². The Morgan fingerprint density at radius 1 is 1.26 bits per heavy atom. The number of halogens is 1. The number of guanidine groups is 1. The molecule has 0 bridgehead atoms. The van der Waals surface area contributed by atoms with Crippen molar-refractivity contribution in [1.82, 2.24) is 10.6 Å². The van der Waals surface area contributed by atoms with E-state index in [4.69, 9.17) is 10.5 Å². The third kappa shape index (κ3) is 15.2. The molecular weight excluding hydrogens is 359 g/mol. The number of aliphatic imine (C=N–C) groups is 1. The van der Waals surface area contributed by atoms with E-state index in [1.54, 1.807) is 0 Å². The molecule has 0 aliphatic rings. The van der Waals surface area contributed by atoms with Crippen LogP contribution in [0.3, 0.4) is 0 Å². The molecule has 0 aliphatic carbocycles. The number of nitrogens with zero attached hydrogens (tertiary/aromatic N) is 1. The van der Waals surface area contributed by atoms with Crippen LogP contribution < -0.4 is 16.4 Å². The van der Waals surface area contributed by atoms with Crippen molar-refractivity contribution in [2.24, 2.45) is 10.7 Å². The number of alkyl carbamates (subject to hydrolysis) is 1. The van der Waals surface area contributed by atoms with Crippen LogP contribution >= 0.6 is 24.0 Å². The molecule has 0 heterocycles. The second-order valence-electron chi connectivity index (χ2n) is 4.98. The summed E-state index contributed by atoms with van der Waals surface area (Å²) in [6, 6.07) is 0. The van der Waals surface area contributed by atoms with E-state index in [9.17, 15) is 4.79 Å². The number of nitrogens with one attached hydrogen (secondary N) is 2. The van der Waals surface area contributed by atoms with E-state index in [-0.39, 0.29) is 24.0 Å². The molecule has 1 amide bonds. The zero-order valence-electron chi connectivity index (χ0n) is 12.3. The summed E-state index contributed by atoms with van der Waals surface area (Å²) in [5, 5.41) is 5.65. The van der Waals surface area contributed by atoms with Crippen molar-refractivity contribution in [3.05, 3.63) is 0 Å². The van der Waals surface area contributed by atoms with E-state index >= 15 is 0 Å². The van der Waals surface area contributed by atoms with Crippen LogP contribution in [-0.2, 0) is 4.74 Å². The molecule has 0 saturated heterocycles. The summed E-state index contributed by atoms with van der Waals surface area (Å²) in [6.07, 6.45) is 1.35. The summed E-state index contributed by atoms with van der Waals surface area (Å²) in [5.41, 5.74) is 5.15. The van der Waals surface area contributed by atoms with Crippen molar-refractivity contribution in [2.45, 2.75) is 46.1 Å². The summed E-state index contributed by atoms with van der Waals surface area (Å²) < 4.78 is 5.10. The van der Waals surface area contributed by atoms with Crippen molar-refractivity contribution < 1.29 is 9.53 Å². The van der Waals surface area contributed by atoms with E-state index in [0.29, 0.717) is 19.0 Å². The summed E-state index contributed by atoms with van der Waals surface area (Å²) in [4.78, 5) is 15.4. The first-order valence-electron chi connectivity index (χ1n) is 6.36. The van der Waals surface area contributed by atoms with E-state index < -0.39 is 11.7 Å². The van der Waals surface area contributed by atoms with Crippen molar-refractivity contribution >= 4 is 36.0 Å². The third-order valence-corrected chi connectivity index (χ3v) is 1.83. The van der Waals surface area contributed by atoms with E-state index in [1.807, 2.05) is 27.7 Å². The average molecular weight is 386 g/mol. The fourth-order valence-electron chi connectivity index (χ4n) is 1.10. The van der Waals surface area contributed by atoms with Gasteiger partial charge in [-0.2, -0.15) is 0 Å². The molecule has 0 atom stereocenters. The predicted molar refractivity (Wildman–Crippen MR) is 89.1 cm³/mol. The lowest BCUT2D eigenvalue weighted by atomic mass is 10.2. The predicted octanol–water partition coefficient (Wildman–Crippen LogP) is 1.83. The van der Waals surface area contributed by atoms with E-state index in [2.05, 4.69) is 15.6 Å². The highest BCUT2D eigenvalue weighted by atomic mass is 127. The Kier molecular flexibility index (Phi) is 12.1. The minimum absolute atomic E-state index is 0. The fourth-order valence-corrected chi connectivity index (χ4v) is 1.10. The number of hydrogen-bond acceptors (Lipinski definition) is 3. The van der Waals surface area contributed by atoms with Crippen LogP contribution in [0.5, 0.6) is 0 Å². The topological polar surface area (TPSA) is 88.7 Å². The van der Waals surface area contributed by atoms with Crippen LogP contribution in [-0.4, -0.2) is 37.3 Å². The molecule has 0 aromatic carbocycles. The summed E-state index contributed by atoms with van der Waals surface area (Å²) in [6.45, 7) is 9.49. The number of carbonyl (C=O) groups excluding carboxylic acids is 1. The van der Waals surface area contributed by atoms with E-state index in [1.165, 1.54) is 0 Å². The molecule has 7 heteroatoms. The van der Waals surface area contributed by atoms with Crippen molar-refractivity contribution in [3.8, 4) is 0 Å². The number of rotatable bonds is 6. The van der Waals surface area contributed by atoms with Gasteiger partial charge in [0.1, 0.15) is 5.60 Å². The highest BCUT2D eigenvalue weighted by molar-refractivity contribution is 14.0. The van der Waals surface area contributed by atoms with Crippen molar-refractivity contribution in [2.75, 3.05) is 19.6 Å². The van der Waals surface area contributed by atoms with Crippen LogP contribution in [0.1, 0.15) is 40.5 Å². The summed E-state index contributed by atoms with van der Waals surface area (Å²) in [5.74, 6) is 0.453. The van der Waals surface area contributed by atoms with Gasteiger partial charge in [-0.1, -0.05) is 6.92 Å².